The van der Waals surface area contributed by atoms with Crippen molar-refractivity contribution in [2.75, 3.05) is 0 Å². The first-order valence-electron chi connectivity index (χ1n) is 3.12. The van der Waals surface area contributed by atoms with Gasteiger partial charge < -0.3 is 9.05 Å². The first-order chi connectivity index (χ1) is 5.68. The van der Waals surface area contributed by atoms with Crippen molar-refractivity contribution in [3.8, 4) is 23.6 Å². The number of hydrogen-bond donors (Lipinski definition) is 0. The van der Waals surface area contributed by atoms with Crippen LogP contribution in [0.3, 0.4) is 0 Å². The summed E-state index contributed by atoms with van der Waals surface area (Å²) < 4.78 is 20.6. The molecule has 0 amide bonds. The highest BCUT2D eigenvalue weighted by atomic mass is 31.2. The van der Waals surface area contributed by atoms with E-state index in [9.17, 15) is 4.57 Å². The average Bonchev–Trinajstić information content (AvgIpc) is 2.02. The molecule has 0 heterocycles. The van der Waals surface area contributed by atoms with Gasteiger partial charge in [-0.3, -0.25) is 0 Å². The van der Waals surface area contributed by atoms with Crippen LogP contribution in [0.5, 0.6) is 0 Å². The van der Waals surface area contributed by atoms with Crippen LogP contribution in [0.15, 0.2) is 12.8 Å². The smallest absolute Gasteiger partial charge is 0.415 e. The Kier molecular flexibility index (Phi) is 4.77. The summed E-state index contributed by atoms with van der Waals surface area (Å²) in [6, 6.07) is 0. The van der Waals surface area contributed by atoms with Crippen molar-refractivity contribution in [2.24, 2.45) is 0 Å². The van der Waals surface area contributed by atoms with E-state index in [1.165, 1.54) is 6.92 Å². The van der Waals surface area contributed by atoms with Crippen LogP contribution in [0.25, 0.3) is 0 Å². The fourth-order valence-electron chi connectivity index (χ4n) is 0.411. The zero-order valence-corrected chi connectivity index (χ0v) is 7.85. The van der Waals surface area contributed by atoms with Gasteiger partial charge in [0, 0.05) is 12.6 Å². The van der Waals surface area contributed by atoms with E-state index in [2.05, 4.69) is 39.2 Å². The molecule has 0 aliphatic heterocycles. The predicted molar refractivity (Wildman–Crippen MR) is 46.9 cm³/mol. The summed E-state index contributed by atoms with van der Waals surface area (Å²) in [6.07, 6.45) is 3.19. The van der Waals surface area contributed by atoms with E-state index in [0.717, 1.165) is 6.26 Å². The van der Waals surface area contributed by atoms with E-state index in [4.69, 9.17) is 0 Å². The van der Waals surface area contributed by atoms with Gasteiger partial charge in [0.1, 0.15) is 6.11 Å². The van der Waals surface area contributed by atoms with Crippen LogP contribution >= 0.6 is 7.60 Å². The summed E-state index contributed by atoms with van der Waals surface area (Å²) in [5.41, 5.74) is 2.28. The lowest BCUT2D eigenvalue weighted by Gasteiger charge is -2.05. The third-order valence-corrected chi connectivity index (χ3v) is 1.99. The highest BCUT2D eigenvalue weighted by Crippen LogP contribution is 2.46. The Morgan fingerprint density at radius 2 is 2.08 bits per heavy atom. The minimum atomic E-state index is -3.39. The third kappa shape index (κ3) is 3.76. The molecule has 0 rings (SSSR count). The molecule has 0 N–H and O–H groups in total. The standard InChI is InChI=1S/C8H9O3P/c1-4-7-11-12(9,8-5-2)10-6-3/h6H,3H2,1-2H3. The normalized spacial score (nSPS) is 12.2. The van der Waals surface area contributed by atoms with E-state index in [0.29, 0.717) is 0 Å². The van der Waals surface area contributed by atoms with Crippen molar-refractivity contribution in [2.45, 2.75) is 13.8 Å². The molecule has 1 atom stereocenters. The maximum Gasteiger partial charge on any atom is 0.517 e. The lowest BCUT2D eigenvalue weighted by Crippen LogP contribution is -1.82. The molecular formula is C8H9O3P. The molecule has 0 aromatic carbocycles. The zero-order chi connectivity index (χ0) is 9.45. The summed E-state index contributed by atoms with van der Waals surface area (Å²) in [4.78, 5) is 0. The fourth-order valence-corrected chi connectivity index (χ4v) is 1.23. The van der Waals surface area contributed by atoms with Gasteiger partial charge in [-0.25, -0.2) is 4.57 Å². The zero-order valence-electron chi connectivity index (χ0n) is 6.96. The number of hydrogen-bond acceptors (Lipinski definition) is 3. The number of rotatable bonds is 3. The van der Waals surface area contributed by atoms with Crippen molar-refractivity contribution in [1.82, 2.24) is 0 Å². The van der Waals surface area contributed by atoms with Crippen molar-refractivity contribution in [3.63, 3.8) is 0 Å². The second-order valence-electron chi connectivity index (χ2n) is 1.57. The van der Waals surface area contributed by atoms with Gasteiger partial charge in [0.25, 0.3) is 0 Å². The van der Waals surface area contributed by atoms with Crippen LogP contribution < -0.4 is 0 Å². The highest BCUT2D eigenvalue weighted by molar-refractivity contribution is 7.59. The van der Waals surface area contributed by atoms with E-state index in [1.54, 1.807) is 6.92 Å². The summed E-state index contributed by atoms with van der Waals surface area (Å²) in [7, 11) is -3.39. The molecule has 12 heavy (non-hydrogen) atoms. The first kappa shape index (κ1) is 10.7. The van der Waals surface area contributed by atoms with Gasteiger partial charge in [0.05, 0.1) is 6.26 Å². The van der Waals surface area contributed by atoms with Crippen LogP contribution in [0.4, 0.5) is 0 Å². The summed E-state index contributed by atoms with van der Waals surface area (Å²) in [5.74, 6) is 4.84. The SMILES string of the molecule is C=COP(=O)(C#CC)OC#CC. The maximum absolute atomic E-state index is 11.4. The molecule has 0 aromatic heterocycles. The predicted octanol–water partition coefficient (Wildman–Crippen LogP) is 2.32. The van der Waals surface area contributed by atoms with E-state index >= 15 is 0 Å². The van der Waals surface area contributed by atoms with Crippen LogP contribution in [-0.2, 0) is 13.6 Å². The average molecular weight is 184 g/mol. The Hall–Kier alpha value is -1.31. The van der Waals surface area contributed by atoms with Gasteiger partial charge in [0.2, 0.25) is 0 Å². The minimum Gasteiger partial charge on any atom is -0.415 e. The second kappa shape index (κ2) is 5.35. The van der Waals surface area contributed by atoms with E-state index < -0.39 is 7.60 Å². The van der Waals surface area contributed by atoms with Crippen molar-refractivity contribution >= 4 is 7.60 Å². The molecule has 0 saturated heterocycles. The monoisotopic (exact) mass is 184 g/mol. The molecule has 0 aliphatic rings. The summed E-state index contributed by atoms with van der Waals surface area (Å²) in [6.45, 7) is 6.33. The molecule has 0 spiro atoms. The molecule has 64 valence electrons. The van der Waals surface area contributed by atoms with Crippen molar-refractivity contribution < 1.29 is 13.6 Å². The van der Waals surface area contributed by atoms with Gasteiger partial charge in [-0.15, -0.1) is 0 Å². The quantitative estimate of drug-likeness (QED) is 0.383. The molecule has 4 heteroatoms. The molecular weight excluding hydrogens is 175 g/mol. The first-order valence-corrected chi connectivity index (χ1v) is 4.66. The molecule has 0 aliphatic carbocycles. The van der Waals surface area contributed by atoms with E-state index in [1.807, 2.05) is 0 Å². The van der Waals surface area contributed by atoms with Crippen LogP contribution in [0, 0.1) is 23.6 Å². The van der Waals surface area contributed by atoms with Gasteiger partial charge in [-0.2, -0.15) is 0 Å². The van der Waals surface area contributed by atoms with Crippen LogP contribution in [0.2, 0.25) is 0 Å². The van der Waals surface area contributed by atoms with Gasteiger partial charge in [-0.05, 0) is 6.92 Å². The topological polar surface area (TPSA) is 35.5 Å². The molecule has 0 bridgehead atoms. The van der Waals surface area contributed by atoms with Crippen molar-refractivity contribution in [1.29, 1.82) is 0 Å². The van der Waals surface area contributed by atoms with Crippen molar-refractivity contribution in [3.05, 3.63) is 12.8 Å². The maximum atomic E-state index is 11.4. The highest BCUT2D eigenvalue weighted by Gasteiger charge is 2.21. The Morgan fingerprint density at radius 1 is 1.42 bits per heavy atom. The van der Waals surface area contributed by atoms with Gasteiger partial charge in [0.15, 0.2) is 0 Å². The lowest BCUT2D eigenvalue weighted by atomic mass is 10.8. The molecule has 0 aromatic rings. The molecule has 0 saturated carbocycles. The molecule has 1 unspecified atom stereocenters. The Balaban J connectivity index is 4.54. The largest absolute Gasteiger partial charge is 0.517 e. The Labute approximate surface area is 72.3 Å². The van der Waals surface area contributed by atoms with Gasteiger partial charge in [-0.1, -0.05) is 18.4 Å². The fraction of sp³-hybridized carbons (Fsp3) is 0.250. The third-order valence-electron chi connectivity index (χ3n) is 0.730. The van der Waals surface area contributed by atoms with Crippen LogP contribution in [0.1, 0.15) is 13.8 Å². The van der Waals surface area contributed by atoms with Crippen LogP contribution in [-0.4, -0.2) is 0 Å². The van der Waals surface area contributed by atoms with E-state index in [-0.39, 0.29) is 0 Å². The lowest BCUT2D eigenvalue weighted by molar-refractivity contribution is 0.354. The Morgan fingerprint density at radius 3 is 2.50 bits per heavy atom. The molecule has 0 fully saturated rings. The molecule has 3 nitrogen and oxygen atoms in total. The second-order valence-corrected chi connectivity index (χ2v) is 3.19. The summed E-state index contributed by atoms with van der Waals surface area (Å²) >= 11 is 0. The molecule has 0 radical (unpaired) electrons. The minimum absolute atomic E-state index is 1.02. The summed E-state index contributed by atoms with van der Waals surface area (Å²) in [5, 5.41) is 0. The van der Waals surface area contributed by atoms with Gasteiger partial charge >= 0.3 is 7.60 Å². The Bertz CT molecular complexity index is 311.